The smallest absolute Gasteiger partial charge is 0.363 e. The molecule has 3 rings (SSSR count). The van der Waals surface area contributed by atoms with E-state index in [1.807, 2.05) is 56.3 Å². The number of methoxy groups -OCH3 is 2. The SMILES string of the molecule is COc1ccc(CC2=N/C(=C/c3ccc(OC(C)C)cc3)C(=O)O2)cc1OC. The van der Waals surface area contributed by atoms with Crippen LogP contribution in [0.2, 0.25) is 0 Å². The number of nitrogens with zero attached hydrogens (tertiary/aromatic N) is 1. The van der Waals surface area contributed by atoms with E-state index < -0.39 is 5.97 Å². The third-order valence-electron chi connectivity index (χ3n) is 4.02. The lowest BCUT2D eigenvalue weighted by Gasteiger charge is -2.09. The average molecular weight is 381 g/mol. The van der Waals surface area contributed by atoms with Crippen LogP contribution in [0.1, 0.15) is 25.0 Å². The van der Waals surface area contributed by atoms with E-state index in [2.05, 4.69) is 4.99 Å². The van der Waals surface area contributed by atoms with Gasteiger partial charge in [-0.2, -0.15) is 0 Å². The average Bonchev–Trinajstić information content (AvgIpc) is 3.01. The highest BCUT2D eigenvalue weighted by atomic mass is 16.6. The monoisotopic (exact) mass is 381 g/mol. The highest BCUT2D eigenvalue weighted by molar-refractivity contribution is 6.07. The molecule has 0 bridgehead atoms. The van der Waals surface area contributed by atoms with Crippen LogP contribution in [-0.2, 0) is 16.0 Å². The van der Waals surface area contributed by atoms with E-state index in [0.29, 0.717) is 23.8 Å². The molecule has 0 unspecified atom stereocenters. The van der Waals surface area contributed by atoms with Crippen LogP contribution in [0.4, 0.5) is 0 Å². The van der Waals surface area contributed by atoms with Gasteiger partial charge < -0.3 is 18.9 Å². The third-order valence-corrected chi connectivity index (χ3v) is 4.02. The summed E-state index contributed by atoms with van der Waals surface area (Å²) in [4.78, 5) is 16.5. The summed E-state index contributed by atoms with van der Waals surface area (Å²) < 4.78 is 21.5. The van der Waals surface area contributed by atoms with Gasteiger partial charge in [-0.1, -0.05) is 18.2 Å². The number of rotatable bonds is 7. The van der Waals surface area contributed by atoms with E-state index in [4.69, 9.17) is 18.9 Å². The molecule has 6 heteroatoms. The summed E-state index contributed by atoms with van der Waals surface area (Å²) in [5, 5.41) is 0. The molecule has 0 radical (unpaired) electrons. The molecule has 0 fully saturated rings. The second-order valence-corrected chi connectivity index (χ2v) is 6.53. The van der Waals surface area contributed by atoms with Gasteiger partial charge in [0.05, 0.1) is 20.3 Å². The van der Waals surface area contributed by atoms with Crippen molar-refractivity contribution in [3.8, 4) is 17.2 Å². The number of hydrogen-bond donors (Lipinski definition) is 0. The molecule has 2 aromatic carbocycles. The number of carbonyl (C=O) groups is 1. The molecular formula is C22H23NO5. The first-order chi connectivity index (χ1) is 13.5. The topological polar surface area (TPSA) is 66.4 Å². The van der Waals surface area contributed by atoms with Crippen LogP contribution >= 0.6 is 0 Å². The first kappa shape index (κ1) is 19.5. The first-order valence-corrected chi connectivity index (χ1v) is 8.97. The van der Waals surface area contributed by atoms with Gasteiger partial charge in [-0.25, -0.2) is 9.79 Å². The molecule has 0 saturated carbocycles. The largest absolute Gasteiger partial charge is 0.493 e. The van der Waals surface area contributed by atoms with Crippen LogP contribution in [0.3, 0.4) is 0 Å². The van der Waals surface area contributed by atoms with Gasteiger partial charge in [-0.3, -0.25) is 0 Å². The van der Waals surface area contributed by atoms with Crippen molar-refractivity contribution < 1.29 is 23.7 Å². The Morgan fingerprint density at radius 2 is 1.75 bits per heavy atom. The summed E-state index contributed by atoms with van der Waals surface area (Å²) in [6.45, 7) is 3.94. The zero-order valence-corrected chi connectivity index (χ0v) is 16.4. The fraction of sp³-hybridized carbons (Fsp3) is 0.273. The normalized spacial score (nSPS) is 14.8. The van der Waals surface area contributed by atoms with Crippen molar-refractivity contribution in [3.05, 3.63) is 59.3 Å². The van der Waals surface area contributed by atoms with Crippen molar-refractivity contribution in [2.75, 3.05) is 14.2 Å². The number of carbonyl (C=O) groups excluding carboxylic acids is 1. The molecule has 28 heavy (non-hydrogen) atoms. The summed E-state index contributed by atoms with van der Waals surface area (Å²) in [6, 6.07) is 13.0. The molecule has 1 aliphatic rings. The lowest BCUT2D eigenvalue weighted by molar-refractivity contribution is -0.130. The highest BCUT2D eigenvalue weighted by Crippen LogP contribution is 2.28. The van der Waals surface area contributed by atoms with E-state index in [1.54, 1.807) is 20.3 Å². The molecule has 0 saturated heterocycles. The molecule has 6 nitrogen and oxygen atoms in total. The lowest BCUT2D eigenvalue weighted by atomic mass is 10.1. The number of aliphatic imine (C=N–C) groups is 1. The molecule has 146 valence electrons. The standard InChI is InChI=1S/C22H23NO5/c1-14(2)27-17-8-5-15(6-9-17)11-18-22(24)28-21(23-18)13-16-7-10-19(25-3)20(12-16)26-4/h5-12,14H,13H2,1-4H3/b18-11+. The Labute approximate surface area is 164 Å². The van der Waals surface area contributed by atoms with Crippen molar-refractivity contribution in [3.63, 3.8) is 0 Å². The van der Waals surface area contributed by atoms with Crippen LogP contribution in [-0.4, -0.2) is 32.2 Å². The van der Waals surface area contributed by atoms with Crippen molar-refractivity contribution in [2.45, 2.75) is 26.4 Å². The molecule has 0 aromatic heterocycles. The zero-order chi connectivity index (χ0) is 20.1. The van der Waals surface area contributed by atoms with Crippen LogP contribution in [0, 0.1) is 0 Å². The van der Waals surface area contributed by atoms with E-state index in [1.165, 1.54) is 0 Å². The van der Waals surface area contributed by atoms with Gasteiger partial charge in [-0.05, 0) is 55.3 Å². The Morgan fingerprint density at radius 3 is 2.39 bits per heavy atom. The highest BCUT2D eigenvalue weighted by Gasteiger charge is 2.23. The molecule has 1 aliphatic heterocycles. The zero-order valence-electron chi connectivity index (χ0n) is 16.4. The minimum absolute atomic E-state index is 0.109. The molecule has 2 aromatic rings. The molecular weight excluding hydrogens is 358 g/mol. The Hall–Kier alpha value is -3.28. The quantitative estimate of drug-likeness (QED) is 0.535. The van der Waals surface area contributed by atoms with Crippen LogP contribution in [0.15, 0.2) is 53.2 Å². The van der Waals surface area contributed by atoms with Gasteiger partial charge in [0, 0.05) is 6.42 Å². The maximum Gasteiger partial charge on any atom is 0.363 e. The molecule has 0 N–H and O–H groups in total. The fourth-order valence-electron chi connectivity index (χ4n) is 2.77. The van der Waals surface area contributed by atoms with E-state index >= 15 is 0 Å². The Bertz CT molecular complexity index is 913. The van der Waals surface area contributed by atoms with Crippen LogP contribution in [0.5, 0.6) is 17.2 Å². The van der Waals surface area contributed by atoms with Crippen LogP contribution in [0.25, 0.3) is 6.08 Å². The Balaban J connectivity index is 1.74. The maximum atomic E-state index is 12.1. The van der Waals surface area contributed by atoms with Gasteiger partial charge in [0.15, 0.2) is 17.2 Å². The van der Waals surface area contributed by atoms with Gasteiger partial charge >= 0.3 is 5.97 Å². The number of ether oxygens (including phenoxy) is 4. The molecule has 0 aliphatic carbocycles. The summed E-state index contributed by atoms with van der Waals surface area (Å²) in [6.07, 6.45) is 2.19. The van der Waals surface area contributed by atoms with Crippen molar-refractivity contribution >= 4 is 17.9 Å². The van der Waals surface area contributed by atoms with Gasteiger partial charge in [0.2, 0.25) is 5.90 Å². The number of hydrogen-bond acceptors (Lipinski definition) is 6. The Kier molecular flexibility index (Phi) is 5.99. The minimum atomic E-state index is -0.460. The van der Waals surface area contributed by atoms with Crippen molar-refractivity contribution in [1.82, 2.24) is 0 Å². The first-order valence-electron chi connectivity index (χ1n) is 8.97. The number of esters is 1. The van der Waals surface area contributed by atoms with E-state index in [-0.39, 0.29) is 11.8 Å². The lowest BCUT2D eigenvalue weighted by Crippen LogP contribution is -2.07. The van der Waals surface area contributed by atoms with Crippen molar-refractivity contribution in [2.24, 2.45) is 4.99 Å². The molecule has 1 heterocycles. The van der Waals surface area contributed by atoms with Gasteiger partial charge in [0.1, 0.15) is 5.75 Å². The molecule has 0 atom stereocenters. The molecule has 0 spiro atoms. The second-order valence-electron chi connectivity index (χ2n) is 6.53. The van der Waals surface area contributed by atoms with Gasteiger partial charge in [0.25, 0.3) is 0 Å². The summed E-state index contributed by atoms with van der Waals surface area (Å²) in [5.74, 6) is 1.93. The van der Waals surface area contributed by atoms with Crippen LogP contribution < -0.4 is 14.2 Å². The fourth-order valence-corrected chi connectivity index (χ4v) is 2.77. The third kappa shape index (κ3) is 4.71. The predicted molar refractivity (Wildman–Crippen MR) is 107 cm³/mol. The number of benzene rings is 2. The Morgan fingerprint density at radius 1 is 1.04 bits per heavy atom. The molecule has 0 amide bonds. The van der Waals surface area contributed by atoms with Gasteiger partial charge in [-0.15, -0.1) is 0 Å². The summed E-state index contributed by atoms with van der Waals surface area (Å²) >= 11 is 0. The second kappa shape index (κ2) is 8.61. The number of cyclic esters (lactones) is 1. The van der Waals surface area contributed by atoms with Crippen molar-refractivity contribution in [1.29, 1.82) is 0 Å². The minimum Gasteiger partial charge on any atom is -0.493 e. The maximum absolute atomic E-state index is 12.1. The van der Waals surface area contributed by atoms with E-state index in [9.17, 15) is 4.79 Å². The summed E-state index contributed by atoms with van der Waals surface area (Å²) in [5.41, 5.74) is 2.02. The summed E-state index contributed by atoms with van der Waals surface area (Å²) in [7, 11) is 3.16. The van der Waals surface area contributed by atoms with E-state index in [0.717, 1.165) is 16.9 Å². The predicted octanol–water partition coefficient (Wildman–Crippen LogP) is 4.03.